The Hall–Kier alpha value is -2.36. The second-order valence-electron chi connectivity index (χ2n) is 5.75. The van der Waals surface area contributed by atoms with E-state index in [-0.39, 0.29) is 11.7 Å². The maximum Gasteiger partial charge on any atom is 0.263 e. The summed E-state index contributed by atoms with van der Waals surface area (Å²) in [6, 6.07) is 14.0. The zero-order chi connectivity index (χ0) is 16.2. The van der Waals surface area contributed by atoms with Crippen molar-refractivity contribution in [1.29, 1.82) is 0 Å². The lowest BCUT2D eigenvalue weighted by molar-refractivity contribution is -0.139. The highest BCUT2D eigenvalue weighted by Gasteiger charge is 2.27. The van der Waals surface area contributed by atoms with Gasteiger partial charge in [-0.25, -0.2) is 4.39 Å². The number of ether oxygens (including phenoxy) is 1. The molecule has 3 rings (SSSR count). The molecule has 3 nitrogen and oxygen atoms in total. The third-order valence-corrected chi connectivity index (χ3v) is 4.18. The summed E-state index contributed by atoms with van der Waals surface area (Å²) in [5, 5.41) is 0. The van der Waals surface area contributed by atoms with E-state index in [0.717, 1.165) is 6.42 Å². The third-order valence-electron chi connectivity index (χ3n) is 4.18. The van der Waals surface area contributed by atoms with Crippen LogP contribution in [0.1, 0.15) is 24.5 Å². The Morgan fingerprint density at radius 2 is 1.87 bits per heavy atom. The highest BCUT2D eigenvalue weighted by Crippen LogP contribution is 2.21. The fourth-order valence-electron chi connectivity index (χ4n) is 2.87. The van der Waals surface area contributed by atoms with Crippen LogP contribution in [-0.4, -0.2) is 23.5 Å². The largest absolute Gasteiger partial charge is 0.481 e. The Morgan fingerprint density at radius 1 is 1.17 bits per heavy atom. The molecule has 0 fully saturated rings. The first kappa shape index (κ1) is 15.5. The second-order valence-corrected chi connectivity index (χ2v) is 5.75. The number of hydrogen-bond donors (Lipinski definition) is 0. The molecule has 1 heterocycles. The number of nitrogens with zero attached hydrogens (tertiary/aromatic N) is 1. The van der Waals surface area contributed by atoms with Crippen molar-refractivity contribution in [3.05, 3.63) is 65.5 Å². The van der Waals surface area contributed by atoms with Crippen LogP contribution in [-0.2, 0) is 17.8 Å². The molecule has 0 aliphatic carbocycles. The molecule has 0 bridgehead atoms. The average molecular weight is 313 g/mol. The van der Waals surface area contributed by atoms with Gasteiger partial charge in [0.05, 0.1) is 0 Å². The first-order valence-electron chi connectivity index (χ1n) is 7.95. The molecule has 2 aromatic rings. The van der Waals surface area contributed by atoms with Gasteiger partial charge in [-0.05, 0) is 48.2 Å². The van der Waals surface area contributed by atoms with Crippen LogP contribution in [0, 0.1) is 5.82 Å². The molecule has 120 valence electrons. The SMILES string of the molecule is CC[C@@H](Oc1ccc(F)cc1)C(=O)N1CCc2ccccc2C1. The molecule has 0 radical (unpaired) electrons. The lowest BCUT2D eigenvalue weighted by atomic mass is 9.99. The van der Waals surface area contributed by atoms with Crippen LogP contribution in [0.2, 0.25) is 0 Å². The molecule has 2 aromatic carbocycles. The van der Waals surface area contributed by atoms with Crippen molar-refractivity contribution in [3.63, 3.8) is 0 Å². The van der Waals surface area contributed by atoms with Crippen LogP contribution in [0.4, 0.5) is 4.39 Å². The molecule has 0 unspecified atom stereocenters. The summed E-state index contributed by atoms with van der Waals surface area (Å²) in [4.78, 5) is 14.6. The van der Waals surface area contributed by atoms with Crippen LogP contribution in [0.15, 0.2) is 48.5 Å². The van der Waals surface area contributed by atoms with Crippen molar-refractivity contribution in [2.45, 2.75) is 32.4 Å². The number of halogens is 1. The molecular formula is C19H20FNO2. The summed E-state index contributed by atoms with van der Waals surface area (Å²) in [5.41, 5.74) is 2.51. The number of benzene rings is 2. The van der Waals surface area contributed by atoms with Gasteiger partial charge in [0.2, 0.25) is 0 Å². The summed E-state index contributed by atoms with van der Waals surface area (Å²) < 4.78 is 18.7. The summed E-state index contributed by atoms with van der Waals surface area (Å²) in [7, 11) is 0. The van der Waals surface area contributed by atoms with Gasteiger partial charge in [-0.2, -0.15) is 0 Å². The highest BCUT2D eigenvalue weighted by atomic mass is 19.1. The Morgan fingerprint density at radius 3 is 2.57 bits per heavy atom. The second kappa shape index (κ2) is 6.82. The number of rotatable bonds is 4. The van der Waals surface area contributed by atoms with Crippen molar-refractivity contribution < 1.29 is 13.9 Å². The van der Waals surface area contributed by atoms with Crippen LogP contribution in [0.5, 0.6) is 5.75 Å². The predicted molar refractivity (Wildman–Crippen MR) is 86.7 cm³/mol. The Kier molecular flexibility index (Phi) is 4.60. The minimum absolute atomic E-state index is 0.00803. The van der Waals surface area contributed by atoms with Crippen LogP contribution < -0.4 is 4.74 Å². The minimum Gasteiger partial charge on any atom is -0.481 e. The van der Waals surface area contributed by atoms with Crippen LogP contribution in [0.3, 0.4) is 0 Å². The zero-order valence-electron chi connectivity index (χ0n) is 13.2. The smallest absolute Gasteiger partial charge is 0.263 e. The molecule has 1 aliphatic rings. The van der Waals surface area contributed by atoms with Gasteiger partial charge in [-0.1, -0.05) is 31.2 Å². The topological polar surface area (TPSA) is 29.5 Å². The number of fused-ring (bicyclic) bond motifs is 1. The molecule has 0 saturated heterocycles. The van der Waals surface area contributed by atoms with Crippen molar-refractivity contribution >= 4 is 5.91 Å². The molecule has 23 heavy (non-hydrogen) atoms. The Balaban J connectivity index is 1.69. The molecule has 0 spiro atoms. The van der Waals surface area contributed by atoms with E-state index in [9.17, 15) is 9.18 Å². The third kappa shape index (κ3) is 3.52. The van der Waals surface area contributed by atoms with E-state index in [1.54, 1.807) is 12.1 Å². The fraction of sp³-hybridized carbons (Fsp3) is 0.316. The van der Waals surface area contributed by atoms with E-state index < -0.39 is 6.10 Å². The Labute approximate surface area is 135 Å². The summed E-state index contributed by atoms with van der Waals surface area (Å²) in [5.74, 6) is 0.194. The van der Waals surface area contributed by atoms with Gasteiger partial charge in [0.1, 0.15) is 11.6 Å². The number of carbonyl (C=O) groups is 1. The van der Waals surface area contributed by atoms with Gasteiger partial charge in [0.25, 0.3) is 5.91 Å². The first-order valence-corrected chi connectivity index (χ1v) is 7.95. The number of hydrogen-bond acceptors (Lipinski definition) is 2. The molecule has 1 atom stereocenters. The maximum atomic E-state index is 13.0. The van der Waals surface area contributed by atoms with E-state index in [4.69, 9.17) is 4.74 Å². The first-order chi connectivity index (χ1) is 11.2. The minimum atomic E-state index is -0.536. The van der Waals surface area contributed by atoms with Gasteiger partial charge in [0.15, 0.2) is 6.10 Å². The molecule has 0 N–H and O–H groups in total. The van der Waals surface area contributed by atoms with Gasteiger partial charge >= 0.3 is 0 Å². The molecule has 4 heteroatoms. The molecule has 1 amide bonds. The van der Waals surface area contributed by atoms with E-state index in [1.165, 1.54) is 23.3 Å². The summed E-state index contributed by atoms with van der Waals surface area (Å²) in [6.45, 7) is 3.25. The Bertz CT molecular complexity index is 684. The quantitative estimate of drug-likeness (QED) is 0.863. The number of carbonyl (C=O) groups excluding carboxylic acids is 1. The summed E-state index contributed by atoms with van der Waals surface area (Å²) in [6.07, 6.45) is 0.911. The van der Waals surface area contributed by atoms with Gasteiger partial charge in [0, 0.05) is 13.1 Å². The fourth-order valence-corrected chi connectivity index (χ4v) is 2.87. The normalized spacial score (nSPS) is 15.0. The van der Waals surface area contributed by atoms with E-state index >= 15 is 0 Å². The lowest BCUT2D eigenvalue weighted by Gasteiger charge is -2.31. The van der Waals surface area contributed by atoms with Gasteiger partial charge in [-0.3, -0.25) is 4.79 Å². The van der Waals surface area contributed by atoms with Crippen molar-refractivity contribution in [3.8, 4) is 5.75 Å². The lowest BCUT2D eigenvalue weighted by Crippen LogP contribution is -2.44. The summed E-state index contributed by atoms with van der Waals surface area (Å²) >= 11 is 0. The van der Waals surface area contributed by atoms with E-state index in [2.05, 4.69) is 12.1 Å². The maximum absolute atomic E-state index is 13.0. The van der Waals surface area contributed by atoms with Crippen LogP contribution in [0.25, 0.3) is 0 Å². The van der Waals surface area contributed by atoms with Crippen molar-refractivity contribution in [1.82, 2.24) is 4.90 Å². The van der Waals surface area contributed by atoms with Crippen molar-refractivity contribution in [2.24, 2.45) is 0 Å². The van der Waals surface area contributed by atoms with Gasteiger partial charge in [-0.15, -0.1) is 0 Å². The van der Waals surface area contributed by atoms with E-state index in [0.29, 0.717) is 25.3 Å². The molecular weight excluding hydrogens is 293 g/mol. The average Bonchev–Trinajstić information content (AvgIpc) is 2.60. The molecule has 0 saturated carbocycles. The van der Waals surface area contributed by atoms with Crippen molar-refractivity contribution in [2.75, 3.05) is 6.54 Å². The molecule has 0 aromatic heterocycles. The van der Waals surface area contributed by atoms with E-state index in [1.807, 2.05) is 24.0 Å². The zero-order valence-corrected chi connectivity index (χ0v) is 13.2. The van der Waals surface area contributed by atoms with Crippen LogP contribution >= 0.6 is 0 Å². The molecule has 1 aliphatic heterocycles. The highest BCUT2D eigenvalue weighted by molar-refractivity contribution is 5.81. The predicted octanol–water partition coefficient (Wildman–Crippen LogP) is 3.57. The number of amides is 1. The standard InChI is InChI=1S/C19H20FNO2/c1-2-18(23-17-9-7-16(20)8-10-17)19(22)21-12-11-14-5-3-4-6-15(14)13-21/h3-10,18H,2,11-13H2,1H3/t18-/m1/s1. The monoisotopic (exact) mass is 313 g/mol. The van der Waals surface area contributed by atoms with Gasteiger partial charge < -0.3 is 9.64 Å².